The largest absolute Gasteiger partial charge is 0.480 e. The Balaban J connectivity index is 2.80. The summed E-state index contributed by atoms with van der Waals surface area (Å²) in [4.78, 5) is 23.6. The number of anilines is 1. The number of benzene rings is 1. The van der Waals surface area contributed by atoms with E-state index >= 15 is 0 Å². The standard InChI is InChI=1S/C12H14ClFN2O3/c1-2-5-16(7-11(17)18)12(19)15-10-6-8(13)3-4-9(10)14/h3-4,6H,2,5,7H2,1H3,(H,15,19)(H,17,18). The van der Waals surface area contributed by atoms with Crippen LogP contribution in [0.4, 0.5) is 14.9 Å². The first kappa shape index (κ1) is 15.2. The number of halogens is 2. The second-order valence-corrected chi connectivity index (χ2v) is 4.31. The fraction of sp³-hybridized carbons (Fsp3) is 0.333. The molecule has 2 N–H and O–H groups in total. The van der Waals surface area contributed by atoms with E-state index in [4.69, 9.17) is 16.7 Å². The smallest absolute Gasteiger partial charge is 0.323 e. The molecule has 0 spiro atoms. The van der Waals surface area contributed by atoms with Crippen LogP contribution < -0.4 is 5.32 Å². The van der Waals surface area contributed by atoms with E-state index < -0.39 is 24.4 Å². The van der Waals surface area contributed by atoms with Gasteiger partial charge < -0.3 is 15.3 Å². The van der Waals surface area contributed by atoms with Crippen molar-refractivity contribution < 1.29 is 19.1 Å². The monoisotopic (exact) mass is 288 g/mol. The van der Waals surface area contributed by atoms with Gasteiger partial charge in [-0.3, -0.25) is 4.79 Å². The molecule has 0 heterocycles. The summed E-state index contributed by atoms with van der Waals surface area (Å²) in [6.45, 7) is 1.63. The molecule has 5 nitrogen and oxygen atoms in total. The molecule has 0 unspecified atom stereocenters. The van der Waals surface area contributed by atoms with Gasteiger partial charge >= 0.3 is 12.0 Å². The molecule has 1 rings (SSSR count). The number of carbonyl (C=O) groups excluding carboxylic acids is 1. The normalized spacial score (nSPS) is 10.1. The summed E-state index contributed by atoms with van der Waals surface area (Å²) in [6, 6.07) is 3.07. The number of carbonyl (C=O) groups is 2. The molecular weight excluding hydrogens is 275 g/mol. The number of hydrogen-bond acceptors (Lipinski definition) is 2. The van der Waals surface area contributed by atoms with Gasteiger partial charge in [0, 0.05) is 11.6 Å². The van der Waals surface area contributed by atoms with Crippen molar-refractivity contribution in [1.29, 1.82) is 0 Å². The van der Waals surface area contributed by atoms with Crippen LogP contribution in [0.3, 0.4) is 0 Å². The number of amides is 2. The molecule has 0 saturated heterocycles. The molecule has 0 aliphatic rings. The lowest BCUT2D eigenvalue weighted by atomic mass is 10.3. The van der Waals surface area contributed by atoms with Crippen molar-refractivity contribution in [2.75, 3.05) is 18.4 Å². The summed E-state index contributed by atoms with van der Waals surface area (Å²) in [7, 11) is 0. The molecule has 104 valence electrons. The van der Waals surface area contributed by atoms with Gasteiger partial charge in [0.25, 0.3) is 0 Å². The molecule has 0 aliphatic heterocycles. The first-order valence-corrected chi connectivity index (χ1v) is 6.04. The number of carboxylic acid groups (broad SMARTS) is 1. The van der Waals surface area contributed by atoms with E-state index in [0.717, 1.165) is 11.0 Å². The van der Waals surface area contributed by atoms with E-state index in [1.807, 2.05) is 6.92 Å². The van der Waals surface area contributed by atoms with Crippen molar-refractivity contribution >= 4 is 29.3 Å². The molecule has 0 atom stereocenters. The Morgan fingerprint density at radius 2 is 2.16 bits per heavy atom. The molecule has 0 saturated carbocycles. The number of aliphatic carboxylic acids is 1. The molecule has 0 aliphatic carbocycles. The van der Waals surface area contributed by atoms with E-state index in [1.165, 1.54) is 12.1 Å². The molecule has 0 radical (unpaired) electrons. The highest BCUT2D eigenvalue weighted by Gasteiger charge is 2.17. The molecule has 0 aromatic heterocycles. The average molecular weight is 289 g/mol. The van der Waals surface area contributed by atoms with Crippen molar-refractivity contribution in [3.63, 3.8) is 0 Å². The summed E-state index contributed by atoms with van der Waals surface area (Å²) in [5.74, 6) is -1.76. The Hall–Kier alpha value is -1.82. The molecule has 7 heteroatoms. The van der Waals surface area contributed by atoms with Crippen molar-refractivity contribution in [2.24, 2.45) is 0 Å². The quantitative estimate of drug-likeness (QED) is 0.875. The van der Waals surface area contributed by atoms with Gasteiger partial charge in [0.2, 0.25) is 0 Å². The van der Waals surface area contributed by atoms with Crippen LogP contribution in [0.2, 0.25) is 5.02 Å². The van der Waals surface area contributed by atoms with Crippen LogP contribution in [-0.2, 0) is 4.79 Å². The number of hydrogen-bond donors (Lipinski definition) is 2. The van der Waals surface area contributed by atoms with Crippen LogP contribution in [-0.4, -0.2) is 35.1 Å². The lowest BCUT2D eigenvalue weighted by Gasteiger charge is -2.20. The van der Waals surface area contributed by atoms with Crippen LogP contribution in [0.15, 0.2) is 18.2 Å². The maximum atomic E-state index is 13.4. The Morgan fingerprint density at radius 1 is 1.47 bits per heavy atom. The number of rotatable bonds is 5. The predicted octanol–water partition coefficient (Wildman–Crippen LogP) is 2.81. The third-order valence-corrected chi connectivity index (χ3v) is 2.51. The maximum absolute atomic E-state index is 13.4. The second kappa shape index (κ2) is 6.94. The number of nitrogens with zero attached hydrogens (tertiary/aromatic N) is 1. The zero-order valence-electron chi connectivity index (χ0n) is 10.3. The van der Waals surface area contributed by atoms with E-state index in [1.54, 1.807) is 0 Å². The number of nitrogens with one attached hydrogen (secondary N) is 1. The summed E-state index contributed by atoms with van der Waals surface area (Å²) in [6.07, 6.45) is 0.596. The SMILES string of the molecule is CCCN(CC(=O)O)C(=O)Nc1cc(Cl)ccc1F. The summed E-state index contributed by atoms with van der Waals surface area (Å²) < 4.78 is 13.4. The highest BCUT2D eigenvalue weighted by atomic mass is 35.5. The fourth-order valence-electron chi connectivity index (χ4n) is 1.47. The lowest BCUT2D eigenvalue weighted by Crippen LogP contribution is -2.39. The highest BCUT2D eigenvalue weighted by Crippen LogP contribution is 2.19. The molecule has 2 amide bonds. The Morgan fingerprint density at radius 3 is 2.74 bits per heavy atom. The van der Waals surface area contributed by atoms with Crippen molar-refractivity contribution in [1.82, 2.24) is 4.90 Å². The van der Waals surface area contributed by atoms with Gasteiger partial charge in [-0.15, -0.1) is 0 Å². The Kier molecular flexibility index (Phi) is 5.57. The molecule has 19 heavy (non-hydrogen) atoms. The Bertz CT molecular complexity index is 482. The van der Waals surface area contributed by atoms with Crippen molar-refractivity contribution in [2.45, 2.75) is 13.3 Å². The minimum atomic E-state index is -1.13. The average Bonchev–Trinajstić information content (AvgIpc) is 2.32. The van der Waals surface area contributed by atoms with Crippen LogP contribution >= 0.6 is 11.6 Å². The first-order valence-electron chi connectivity index (χ1n) is 5.66. The lowest BCUT2D eigenvalue weighted by molar-refractivity contribution is -0.137. The minimum absolute atomic E-state index is 0.0796. The highest BCUT2D eigenvalue weighted by molar-refractivity contribution is 6.30. The van der Waals surface area contributed by atoms with Gasteiger partial charge in [-0.1, -0.05) is 18.5 Å². The summed E-state index contributed by atoms with van der Waals surface area (Å²) in [5.41, 5.74) is -0.0796. The van der Waals surface area contributed by atoms with E-state index in [0.29, 0.717) is 6.42 Å². The van der Waals surface area contributed by atoms with Gasteiger partial charge in [0.15, 0.2) is 0 Å². The fourth-order valence-corrected chi connectivity index (χ4v) is 1.65. The van der Waals surface area contributed by atoms with Crippen LogP contribution in [0, 0.1) is 5.82 Å². The van der Waals surface area contributed by atoms with Gasteiger partial charge in [-0.05, 0) is 24.6 Å². The first-order chi connectivity index (χ1) is 8.93. The predicted molar refractivity (Wildman–Crippen MR) is 69.9 cm³/mol. The van der Waals surface area contributed by atoms with E-state index in [9.17, 15) is 14.0 Å². The molecular formula is C12H14ClFN2O3. The molecule has 0 fully saturated rings. The van der Waals surface area contributed by atoms with Crippen LogP contribution in [0.1, 0.15) is 13.3 Å². The van der Waals surface area contributed by atoms with Gasteiger partial charge in [0.1, 0.15) is 12.4 Å². The number of urea groups is 1. The van der Waals surface area contributed by atoms with Crippen LogP contribution in [0.25, 0.3) is 0 Å². The van der Waals surface area contributed by atoms with Gasteiger partial charge in [0.05, 0.1) is 5.69 Å². The minimum Gasteiger partial charge on any atom is -0.480 e. The Labute approximate surface area is 115 Å². The van der Waals surface area contributed by atoms with Gasteiger partial charge in [-0.25, -0.2) is 9.18 Å². The molecule has 0 bridgehead atoms. The zero-order valence-corrected chi connectivity index (χ0v) is 11.1. The third kappa shape index (κ3) is 4.75. The van der Waals surface area contributed by atoms with E-state index in [2.05, 4.69) is 5.32 Å². The second-order valence-electron chi connectivity index (χ2n) is 3.87. The van der Waals surface area contributed by atoms with Crippen LogP contribution in [0.5, 0.6) is 0 Å². The van der Waals surface area contributed by atoms with Gasteiger partial charge in [-0.2, -0.15) is 0 Å². The zero-order chi connectivity index (χ0) is 14.4. The molecule has 1 aromatic carbocycles. The topological polar surface area (TPSA) is 69.6 Å². The summed E-state index contributed by atoms with van der Waals surface area (Å²) >= 11 is 5.70. The van der Waals surface area contributed by atoms with E-state index in [-0.39, 0.29) is 17.3 Å². The van der Waals surface area contributed by atoms with Crippen molar-refractivity contribution in [3.8, 4) is 0 Å². The van der Waals surface area contributed by atoms with Crippen molar-refractivity contribution in [3.05, 3.63) is 29.0 Å². The third-order valence-electron chi connectivity index (χ3n) is 2.28. The maximum Gasteiger partial charge on any atom is 0.323 e. The summed E-state index contributed by atoms with van der Waals surface area (Å²) in [5, 5.41) is 11.3. The molecule has 1 aromatic rings. The number of carboxylic acids is 1.